The van der Waals surface area contributed by atoms with E-state index in [9.17, 15) is 0 Å². The predicted octanol–water partition coefficient (Wildman–Crippen LogP) is -0.00148. The maximum absolute atomic E-state index is 8.94. The van der Waals surface area contributed by atoms with Gasteiger partial charge in [-0.15, -0.1) is 0 Å². The minimum absolute atomic E-state index is 0.156. The van der Waals surface area contributed by atoms with Gasteiger partial charge in [-0.3, -0.25) is 4.57 Å². The predicted molar refractivity (Wildman–Crippen MR) is 57.0 cm³/mol. The van der Waals surface area contributed by atoms with E-state index >= 15 is 0 Å². The van der Waals surface area contributed by atoms with E-state index in [1.54, 1.807) is 10.9 Å². The van der Waals surface area contributed by atoms with Crippen LogP contribution in [-0.2, 0) is 9.47 Å². The Morgan fingerprint density at radius 1 is 1.47 bits per heavy atom. The first-order chi connectivity index (χ1) is 8.29. The molecule has 1 fully saturated rings. The number of aliphatic hydroxyl groups is 1. The largest absolute Gasteiger partial charge is 0.391 e. The molecule has 1 N–H and O–H groups in total. The first kappa shape index (κ1) is 10.6. The number of hydrogen-bond acceptors (Lipinski definition) is 6. The number of hydrogen-bond donors (Lipinski definition) is 1. The van der Waals surface area contributed by atoms with Gasteiger partial charge in [-0.1, -0.05) is 0 Å². The summed E-state index contributed by atoms with van der Waals surface area (Å²) in [6.07, 6.45) is 2.28. The van der Waals surface area contributed by atoms with Crippen molar-refractivity contribution in [2.24, 2.45) is 0 Å². The van der Waals surface area contributed by atoms with Crippen molar-refractivity contribution in [2.75, 3.05) is 13.2 Å². The molecule has 0 radical (unpaired) electrons. The van der Waals surface area contributed by atoms with Gasteiger partial charge in [0.05, 0.1) is 25.2 Å². The second-order valence-corrected chi connectivity index (χ2v) is 3.82. The van der Waals surface area contributed by atoms with Gasteiger partial charge in [-0.05, 0) is 6.92 Å². The topological polar surface area (TPSA) is 82.3 Å². The SMILES string of the molecule is Cc1ncnc2c1ncn2[C@H]1CO[C@@H](CO)O1. The van der Waals surface area contributed by atoms with Crippen LogP contribution in [0.5, 0.6) is 0 Å². The van der Waals surface area contributed by atoms with Crippen LogP contribution in [0, 0.1) is 6.92 Å². The second-order valence-electron chi connectivity index (χ2n) is 3.82. The lowest BCUT2D eigenvalue weighted by molar-refractivity contribution is -0.0980. The minimum atomic E-state index is -0.569. The van der Waals surface area contributed by atoms with Gasteiger partial charge in [0.1, 0.15) is 11.8 Å². The van der Waals surface area contributed by atoms with Gasteiger partial charge < -0.3 is 14.6 Å². The molecule has 1 aliphatic heterocycles. The molecule has 0 aliphatic carbocycles. The molecule has 1 aliphatic rings. The lowest BCUT2D eigenvalue weighted by atomic mass is 10.4. The van der Waals surface area contributed by atoms with Gasteiger partial charge in [0.25, 0.3) is 0 Å². The van der Waals surface area contributed by atoms with E-state index in [1.807, 2.05) is 6.92 Å². The van der Waals surface area contributed by atoms with Crippen molar-refractivity contribution < 1.29 is 14.6 Å². The zero-order valence-electron chi connectivity index (χ0n) is 9.28. The fourth-order valence-corrected chi connectivity index (χ4v) is 1.86. The zero-order valence-corrected chi connectivity index (χ0v) is 9.28. The molecule has 90 valence electrons. The Morgan fingerprint density at radius 2 is 2.35 bits per heavy atom. The zero-order chi connectivity index (χ0) is 11.8. The molecule has 2 atom stereocenters. The number of ether oxygens (including phenoxy) is 2. The minimum Gasteiger partial charge on any atom is -0.391 e. The van der Waals surface area contributed by atoms with Crippen LogP contribution < -0.4 is 0 Å². The number of nitrogens with zero attached hydrogens (tertiary/aromatic N) is 4. The Kier molecular flexibility index (Phi) is 2.50. The third kappa shape index (κ3) is 1.68. The summed E-state index contributed by atoms with van der Waals surface area (Å²) in [5.74, 6) is 0. The standard InChI is InChI=1S/C10H12N4O3/c1-6-9-10(12-4-11-6)14(5-13-9)7-3-16-8(2-15)17-7/h4-5,7-8,15H,2-3H2,1H3/t7-,8-/m1/s1. The highest BCUT2D eigenvalue weighted by Crippen LogP contribution is 2.24. The van der Waals surface area contributed by atoms with Crippen LogP contribution >= 0.6 is 0 Å². The highest BCUT2D eigenvalue weighted by Gasteiger charge is 2.28. The van der Waals surface area contributed by atoms with Crippen LogP contribution in [0.25, 0.3) is 11.2 Å². The number of aromatic nitrogens is 4. The Bertz CT molecular complexity index is 541. The van der Waals surface area contributed by atoms with E-state index in [0.29, 0.717) is 12.3 Å². The number of rotatable bonds is 2. The van der Waals surface area contributed by atoms with Crippen molar-refractivity contribution in [1.82, 2.24) is 19.5 Å². The van der Waals surface area contributed by atoms with E-state index < -0.39 is 6.29 Å². The molecule has 0 amide bonds. The summed E-state index contributed by atoms with van der Waals surface area (Å²) in [5, 5.41) is 8.94. The van der Waals surface area contributed by atoms with Crippen molar-refractivity contribution in [3.05, 3.63) is 18.3 Å². The molecule has 3 rings (SSSR count). The van der Waals surface area contributed by atoms with Crippen molar-refractivity contribution in [1.29, 1.82) is 0 Å². The molecule has 17 heavy (non-hydrogen) atoms. The normalized spacial score (nSPS) is 24.6. The first-order valence-corrected chi connectivity index (χ1v) is 5.31. The number of aryl methyl sites for hydroxylation is 1. The van der Waals surface area contributed by atoms with Crippen molar-refractivity contribution >= 4 is 11.2 Å². The lowest BCUT2D eigenvalue weighted by Gasteiger charge is -2.11. The van der Waals surface area contributed by atoms with Gasteiger partial charge in [-0.2, -0.15) is 0 Å². The average Bonchev–Trinajstić information content (AvgIpc) is 2.94. The van der Waals surface area contributed by atoms with Gasteiger partial charge in [0.2, 0.25) is 0 Å². The summed E-state index contributed by atoms with van der Waals surface area (Å²) >= 11 is 0. The molecule has 0 saturated carbocycles. The molecule has 0 bridgehead atoms. The van der Waals surface area contributed by atoms with Gasteiger partial charge in [0, 0.05) is 0 Å². The second kappa shape index (κ2) is 4.02. The van der Waals surface area contributed by atoms with E-state index in [4.69, 9.17) is 14.6 Å². The Labute approximate surface area is 97.0 Å². The summed E-state index contributed by atoms with van der Waals surface area (Å²) < 4.78 is 12.5. The molecular weight excluding hydrogens is 224 g/mol. The molecule has 3 heterocycles. The van der Waals surface area contributed by atoms with Crippen LogP contribution in [0.4, 0.5) is 0 Å². The Morgan fingerprint density at radius 3 is 3.12 bits per heavy atom. The fraction of sp³-hybridized carbons (Fsp3) is 0.500. The molecule has 2 aromatic heterocycles. The summed E-state index contributed by atoms with van der Waals surface area (Å²) in [5.41, 5.74) is 2.29. The van der Waals surface area contributed by atoms with Crippen LogP contribution in [0.2, 0.25) is 0 Å². The number of fused-ring (bicyclic) bond motifs is 1. The monoisotopic (exact) mass is 236 g/mol. The molecule has 0 unspecified atom stereocenters. The van der Waals surface area contributed by atoms with E-state index in [-0.39, 0.29) is 12.8 Å². The molecule has 0 aromatic carbocycles. The lowest BCUT2D eigenvalue weighted by Crippen LogP contribution is -2.15. The van der Waals surface area contributed by atoms with Gasteiger partial charge in [-0.25, -0.2) is 15.0 Å². The Hall–Kier alpha value is -1.57. The third-order valence-electron chi connectivity index (χ3n) is 2.73. The smallest absolute Gasteiger partial charge is 0.183 e. The summed E-state index contributed by atoms with van der Waals surface area (Å²) in [7, 11) is 0. The summed E-state index contributed by atoms with van der Waals surface area (Å²) in [4.78, 5) is 12.5. The van der Waals surface area contributed by atoms with Crippen molar-refractivity contribution in [3.63, 3.8) is 0 Å². The van der Waals surface area contributed by atoms with Crippen LogP contribution in [0.1, 0.15) is 11.9 Å². The van der Waals surface area contributed by atoms with E-state index in [2.05, 4.69) is 15.0 Å². The molecular formula is C10H12N4O3. The maximum atomic E-state index is 8.94. The summed E-state index contributed by atoms with van der Waals surface area (Å²) in [6, 6.07) is 0. The van der Waals surface area contributed by atoms with Crippen molar-refractivity contribution in [3.8, 4) is 0 Å². The molecule has 0 spiro atoms. The van der Waals surface area contributed by atoms with Gasteiger partial charge in [0.15, 0.2) is 18.2 Å². The Balaban J connectivity index is 1.99. The summed E-state index contributed by atoms with van der Waals surface area (Å²) in [6.45, 7) is 2.10. The molecule has 1 saturated heterocycles. The fourth-order valence-electron chi connectivity index (χ4n) is 1.86. The molecule has 7 heteroatoms. The van der Waals surface area contributed by atoms with Crippen LogP contribution in [0.15, 0.2) is 12.7 Å². The number of imidazole rings is 1. The van der Waals surface area contributed by atoms with Crippen LogP contribution in [-0.4, -0.2) is 44.1 Å². The number of aliphatic hydroxyl groups excluding tert-OH is 1. The first-order valence-electron chi connectivity index (χ1n) is 5.31. The highest BCUT2D eigenvalue weighted by atomic mass is 16.7. The van der Waals surface area contributed by atoms with Crippen LogP contribution in [0.3, 0.4) is 0 Å². The third-order valence-corrected chi connectivity index (χ3v) is 2.73. The highest BCUT2D eigenvalue weighted by molar-refractivity contribution is 5.72. The molecule has 2 aromatic rings. The average molecular weight is 236 g/mol. The van der Waals surface area contributed by atoms with Gasteiger partial charge >= 0.3 is 0 Å². The van der Waals surface area contributed by atoms with E-state index in [1.165, 1.54) is 6.33 Å². The van der Waals surface area contributed by atoms with Crippen molar-refractivity contribution in [2.45, 2.75) is 19.4 Å². The quantitative estimate of drug-likeness (QED) is 0.790. The molecule has 7 nitrogen and oxygen atoms in total. The maximum Gasteiger partial charge on any atom is 0.183 e. The van der Waals surface area contributed by atoms with E-state index in [0.717, 1.165) is 11.2 Å².